The van der Waals surface area contributed by atoms with Crippen LogP contribution in [-0.4, -0.2) is 24.7 Å². The van der Waals surface area contributed by atoms with Crippen LogP contribution >= 0.6 is 0 Å². The fraction of sp³-hybridized carbons (Fsp3) is 0.692. The average molecular weight is 255 g/mol. The van der Waals surface area contributed by atoms with Crippen LogP contribution in [0.2, 0.25) is 0 Å². The van der Waals surface area contributed by atoms with Crippen molar-refractivity contribution in [2.75, 3.05) is 13.7 Å². The number of ether oxygens (including phenoxy) is 2. The largest absolute Gasteiger partial charge is 0.460 e. The molecule has 18 heavy (non-hydrogen) atoms. The number of methoxy groups -OCH3 is 1. The highest BCUT2D eigenvalue weighted by Gasteiger charge is 2.31. The smallest absolute Gasteiger partial charge is 0.376 e. The predicted octanol–water partition coefficient (Wildman–Crippen LogP) is 2.86. The van der Waals surface area contributed by atoms with Crippen molar-refractivity contribution in [2.24, 2.45) is 0 Å². The lowest BCUT2D eigenvalue weighted by Gasteiger charge is -2.17. The molecular weight excluding hydrogens is 234 g/mol. The number of carbonyl (C=O) groups excluding carboxylic acids is 1. The minimum Gasteiger partial charge on any atom is -0.460 e. The van der Waals surface area contributed by atoms with Crippen LogP contribution < -0.4 is 0 Å². The van der Waals surface area contributed by atoms with E-state index < -0.39 is 11.6 Å². The Bertz CT molecular complexity index is 421. The molecular formula is C13H21NO4. The van der Waals surface area contributed by atoms with Gasteiger partial charge >= 0.3 is 5.97 Å². The molecule has 0 saturated heterocycles. The zero-order valence-corrected chi connectivity index (χ0v) is 11.9. The van der Waals surface area contributed by atoms with E-state index in [1.54, 1.807) is 14.0 Å². The first-order valence-corrected chi connectivity index (χ1v) is 6.07. The number of rotatable bonds is 5. The summed E-state index contributed by atoms with van der Waals surface area (Å²) in [6.07, 6.45) is 0. The summed E-state index contributed by atoms with van der Waals surface area (Å²) in [4.78, 5) is 16.2. The second kappa shape index (κ2) is 5.52. The zero-order chi connectivity index (χ0) is 13.9. The van der Waals surface area contributed by atoms with E-state index in [4.69, 9.17) is 13.9 Å². The summed E-state index contributed by atoms with van der Waals surface area (Å²) in [5.41, 5.74) is -0.0671. The summed E-state index contributed by atoms with van der Waals surface area (Å²) in [7, 11) is 1.57. The molecule has 5 nitrogen and oxygen atoms in total. The van der Waals surface area contributed by atoms with Crippen molar-refractivity contribution in [3.05, 3.63) is 17.3 Å². The second-order valence-electron chi connectivity index (χ2n) is 4.82. The third-order valence-electron chi connectivity index (χ3n) is 2.69. The second-order valence-corrected chi connectivity index (χ2v) is 4.82. The van der Waals surface area contributed by atoms with Crippen LogP contribution in [0.4, 0.5) is 0 Å². The Kier molecular flexibility index (Phi) is 4.51. The van der Waals surface area contributed by atoms with Gasteiger partial charge in [-0.2, -0.15) is 0 Å². The Morgan fingerprint density at radius 2 is 2.06 bits per heavy atom. The quantitative estimate of drug-likeness (QED) is 0.757. The van der Waals surface area contributed by atoms with Crippen LogP contribution in [0.1, 0.15) is 62.7 Å². The molecule has 0 amide bonds. The van der Waals surface area contributed by atoms with Crippen molar-refractivity contribution in [1.29, 1.82) is 0 Å². The highest BCUT2D eigenvalue weighted by Crippen LogP contribution is 2.28. The number of esters is 1. The summed E-state index contributed by atoms with van der Waals surface area (Å²) in [6, 6.07) is 0. The molecule has 0 bridgehead atoms. The van der Waals surface area contributed by atoms with Gasteiger partial charge in [0.2, 0.25) is 11.7 Å². The van der Waals surface area contributed by atoms with Crippen molar-refractivity contribution in [1.82, 2.24) is 4.98 Å². The highest BCUT2D eigenvalue weighted by molar-refractivity contribution is 5.87. The van der Waals surface area contributed by atoms with Crippen molar-refractivity contribution < 1.29 is 18.7 Å². The lowest BCUT2D eigenvalue weighted by atomic mass is 10.1. The molecule has 0 N–H and O–H groups in total. The Morgan fingerprint density at radius 3 is 2.50 bits per heavy atom. The third-order valence-corrected chi connectivity index (χ3v) is 2.69. The summed E-state index contributed by atoms with van der Waals surface area (Å²) >= 11 is 0. The summed E-state index contributed by atoms with van der Waals surface area (Å²) < 4.78 is 15.8. The average Bonchev–Trinajstić information content (AvgIpc) is 2.75. The van der Waals surface area contributed by atoms with Crippen molar-refractivity contribution in [3.63, 3.8) is 0 Å². The highest BCUT2D eigenvalue weighted by atomic mass is 16.5. The van der Waals surface area contributed by atoms with Crippen LogP contribution in [0.25, 0.3) is 0 Å². The van der Waals surface area contributed by atoms with Gasteiger partial charge in [0.15, 0.2) is 0 Å². The minimum absolute atomic E-state index is 0.0783. The van der Waals surface area contributed by atoms with E-state index >= 15 is 0 Å². The summed E-state index contributed by atoms with van der Waals surface area (Å²) in [5, 5.41) is 0. The first kappa shape index (κ1) is 14.7. The Hall–Kier alpha value is -1.36. The predicted molar refractivity (Wildman–Crippen MR) is 66.6 cm³/mol. The van der Waals surface area contributed by atoms with Crippen LogP contribution in [0.3, 0.4) is 0 Å². The zero-order valence-electron chi connectivity index (χ0n) is 11.9. The number of oxazole rings is 1. The van der Waals surface area contributed by atoms with Crippen LogP contribution in [0.5, 0.6) is 0 Å². The van der Waals surface area contributed by atoms with E-state index in [-0.39, 0.29) is 11.7 Å². The first-order valence-electron chi connectivity index (χ1n) is 6.07. The molecule has 1 aromatic rings. The molecule has 0 aromatic carbocycles. The Balaban J connectivity index is 3.21. The van der Waals surface area contributed by atoms with E-state index in [0.29, 0.717) is 18.2 Å². The normalized spacial score (nSPS) is 11.9. The number of nitrogens with zero attached hydrogens (tertiary/aromatic N) is 1. The van der Waals surface area contributed by atoms with Crippen molar-refractivity contribution >= 4 is 5.97 Å². The monoisotopic (exact) mass is 255 g/mol. The lowest BCUT2D eigenvalue weighted by Crippen LogP contribution is -2.19. The number of carbonyl (C=O) groups is 1. The van der Waals surface area contributed by atoms with Gasteiger partial charge in [0, 0.05) is 7.11 Å². The number of hydrogen-bond donors (Lipinski definition) is 0. The Labute approximate surface area is 107 Å². The molecule has 0 radical (unpaired) electrons. The fourth-order valence-electron chi connectivity index (χ4n) is 1.41. The molecule has 102 valence electrons. The topological polar surface area (TPSA) is 61.6 Å². The maximum Gasteiger partial charge on any atom is 0.376 e. The van der Waals surface area contributed by atoms with Gasteiger partial charge in [-0.15, -0.1) is 0 Å². The van der Waals surface area contributed by atoms with E-state index in [1.165, 1.54) is 0 Å². The first-order chi connectivity index (χ1) is 8.33. The van der Waals surface area contributed by atoms with Gasteiger partial charge < -0.3 is 13.9 Å². The fourth-order valence-corrected chi connectivity index (χ4v) is 1.41. The molecule has 0 atom stereocenters. The maximum absolute atomic E-state index is 11.8. The molecule has 0 unspecified atom stereocenters. The Morgan fingerprint density at radius 1 is 1.44 bits per heavy atom. The van der Waals surface area contributed by atoms with Gasteiger partial charge in [0.1, 0.15) is 5.60 Å². The number of hydrogen-bond acceptors (Lipinski definition) is 5. The van der Waals surface area contributed by atoms with E-state index in [0.717, 1.165) is 0 Å². The molecule has 5 heteroatoms. The SMILES string of the molecule is CCOC(=O)c1oc(C(C)(C)OC)nc1C(C)C. The van der Waals surface area contributed by atoms with Crippen molar-refractivity contribution in [2.45, 2.75) is 46.1 Å². The van der Waals surface area contributed by atoms with Gasteiger partial charge in [-0.05, 0) is 26.7 Å². The lowest BCUT2D eigenvalue weighted by molar-refractivity contribution is -0.00513. The molecule has 1 aromatic heterocycles. The van der Waals surface area contributed by atoms with Crippen LogP contribution in [0.15, 0.2) is 4.42 Å². The summed E-state index contributed by atoms with van der Waals surface area (Å²) in [5.74, 6) is 0.158. The van der Waals surface area contributed by atoms with Gasteiger partial charge in [-0.3, -0.25) is 0 Å². The van der Waals surface area contributed by atoms with Gasteiger partial charge in [0.05, 0.1) is 12.3 Å². The van der Waals surface area contributed by atoms with E-state index in [1.807, 2.05) is 27.7 Å². The molecule has 1 heterocycles. The maximum atomic E-state index is 11.8. The molecule has 0 aliphatic rings. The van der Waals surface area contributed by atoms with Gasteiger partial charge in [-0.1, -0.05) is 13.8 Å². The van der Waals surface area contributed by atoms with Crippen LogP contribution in [0, 0.1) is 0 Å². The summed E-state index contributed by atoms with van der Waals surface area (Å²) in [6.45, 7) is 9.62. The minimum atomic E-state index is -0.672. The molecule has 0 fully saturated rings. The van der Waals surface area contributed by atoms with E-state index in [2.05, 4.69) is 4.98 Å². The van der Waals surface area contributed by atoms with Gasteiger partial charge in [-0.25, -0.2) is 9.78 Å². The molecule has 0 aliphatic carbocycles. The molecule has 1 rings (SSSR count). The van der Waals surface area contributed by atoms with Gasteiger partial charge in [0.25, 0.3) is 0 Å². The molecule has 0 aliphatic heterocycles. The molecule has 0 spiro atoms. The number of aromatic nitrogens is 1. The van der Waals surface area contributed by atoms with Crippen LogP contribution in [-0.2, 0) is 15.1 Å². The third kappa shape index (κ3) is 2.90. The van der Waals surface area contributed by atoms with E-state index in [9.17, 15) is 4.79 Å². The molecule has 0 saturated carbocycles. The standard InChI is InChI=1S/C13H21NO4/c1-7-17-11(15)10-9(8(2)3)14-12(18-10)13(4,5)16-6/h8H,7H2,1-6H3. The van der Waals surface area contributed by atoms with Crippen molar-refractivity contribution in [3.8, 4) is 0 Å².